The SMILES string of the molecule is C=CS(=O)(=O)c1ccc(N=Nc2c(SOOO)cc3cc(S(=O)(=O)O)cc(Nc4nc(Cl)nc(NCCN(CCO)c5nc(Cl)nc(Nc6cc(SOOO)cc7cc(S(=O)(=O)O)c(N=Nc8ccc(S(=O)(=O)O)cc8)c(O)c67)n5)n4)c3c2O)cc1. The number of anilines is 6. The van der Waals surface area contributed by atoms with Crippen LogP contribution in [0.25, 0.3) is 21.5 Å². The van der Waals surface area contributed by atoms with Crippen molar-refractivity contribution in [3.05, 3.63) is 107 Å². The van der Waals surface area contributed by atoms with Crippen LogP contribution < -0.4 is 20.9 Å². The quantitative estimate of drug-likeness (QED) is 0.00792. The van der Waals surface area contributed by atoms with Gasteiger partial charge < -0.3 is 36.2 Å². The highest BCUT2D eigenvalue weighted by Crippen LogP contribution is 2.49. The van der Waals surface area contributed by atoms with Gasteiger partial charge in [-0.25, -0.2) is 18.9 Å². The fourth-order valence-electron chi connectivity index (χ4n) is 7.57. The summed E-state index contributed by atoms with van der Waals surface area (Å²) in [7, 11) is -18.6. The van der Waals surface area contributed by atoms with Crippen LogP contribution in [-0.2, 0) is 58.9 Å². The van der Waals surface area contributed by atoms with Gasteiger partial charge in [0.15, 0.2) is 21.3 Å². The van der Waals surface area contributed by atoms with Crippen LogP contribution in [-0.4, -0.2) is 129 Å². The molecule has 0 amide bonds. The summed E-state index contributed by atoms with van der Waals surface area (Å²) in [4.78, 5) is 24.1. The zero-order valence-electron chi connectivity index (χ0n) is 42.3. The lowest BCUT2D eigenvalue weighted by molar-refractivity contribution is -0.432. The van der Waals surface area contributed by atoms with Gasteiger partial charge in [-0.15, -0.1) is 18.9 Å². The lowest BCUT2D eigenvalue weighted by atomic mass is 10.1. The summed E-state index contributed by atoms with van der Waals surface area (Å²) in [5, 5.41) is 82.4. The molecule has 8 rings (SSSR count). The first-order valence-electron chi connectivity index (χ1n) is 23.0. The second kappa shape index (κ2) is 26.9. The fourth-order valence-corrected chi connectivity index (χ4v) is 11.2. The summed E-state index contributed by atoms with van der Waals surface area (Å²) in [5.41, 5.74) is -1.61. The Kier molecular flexibility index (Phi) is 20.1. The molecule has 0 bridgehead atoms. The van der Waals surface area contributed by atoms with Crippen molar-refractivity contribution in [2.24, 2.45) is 20.5 Å². The minimum Gasteiger partial charge on any atom is -0.505 e. The maximum absolute atomic E-state index is 12.7. The summed E-state index contributed by atoms with van der Waals surface area (Å²) in [5.74, 6) is -2.75. The molecule has 0 saturated heterocycles. The van der Waals surface area contributed by atoms with Gasteiger partial charge >= 0.3 is 0 Å². The lowest BCUT2D eigenvalue weighted by Crippen LogP contribution is -2.33. The molecule has 0 aliphatic carbocycles. The van der Waals surface area contributed by atoms with Gasteiger partial charge in [0.2, 0.25) is 34.4 Å². The normalized spacial score (nSPS) is 12.4. The summed E-state index contributed by atoms with van der Waals surface area (Å²) < 4.78 is 137. The number of azo groups is 2. The summed E-state index contributed by atoms with van der Waals surface area (Å²) >= 11 is 13.4. The second-order valence-corrected chi connectivity index (χ2v) is 24.9. The minimum absolute atomic E-state index is 0.0560. The molecule has 2 aromatic heterocycles. The first-order chi connectivity index (χ1) is 40.7. The number of phenolic OH excluding ortho intramolecular Hbond substituents is 2. The number of aliphatic hydroxyl groups excluding tert-OH is 1. The van der Waals surface area contributed by atoms with Crippen LogP contribution in [0, 0.1) is 0 Å². The molecule has 42 heteroatoms. The molecule has 0 aliphatic rings. The van der Waals surface area contributed by atoms with Crippen molar-refractivity contribution in [1.82, 2.24) is 29.9 Å². The van der Waals surface area contributed by atoms with Gasteiger partial charge in [0.1, 0.15) is 16.3 Å². The Morgan fingerprint density at radius 1 is 0.593 bits per heavy atom. The summed E-state index contributed by atoms with van der Waals surface area (Å²) in [6.45, 7) is 2.41. The van der Waals surface area contributed by atoms with Gasteiger partial charge in [-0.2, -0.15) is 65.4 Å². The average Bonchev–Trinajstić information content (AvgIpc) is 1.96. The molecule has 452 valence electrons. The average molecular weight is 1340 g/mol. The Morgan fingerprint density at radius 3 is 1.71 bits per heavy atom. The number of rotatable bonds is 26. The minimum atomic E-state index is -5.20. The Labute approximate surface area is 501 Å². The number of phenols is 2. The standard InChI is InChI=1S/C44H36Cl2N14O20S6/c1-2-83(66,67)26-7-3-23(4-8-26)56-58-35-31(82-80-78-65)17-22-16-28(85(71,72)73)20-30(34(22)37(35)62)49-42-51-39(45)50-41(54-42)47-11-12-60(13-14-61)44-53-40(46)52-43(55-44)48-29-19-25(81-79-77-64)15-21-18-32(86(74,75)76)36(38(63)33(21)29)59-57-24-5-9-27(10-6-24)84(68,69)70/h2-10,15-20,61-65H,1,11-14H2,(H,68,69,70)(H,71,72,73)(H,74,75,76)(H,48,52,53,55)(H2,47,49,50,51,54). The first kappa shape index (κ1) is 64.3. The molecule has 34 nitrogen and oxygen atoms in total. The first-order valence-corrected chi connectivity index (χ1v) is 31.1. The number of aliphatic hydroxyl groups is 1. The third kappa shape index (κ3) is 15.6. The highest BCUT2D eigenvalue weighted by Gasteiger charge is 2.27. The lowest BCUT2D eigenvalue weighted by Gasteiger charge is -2.22. The number of hydrogen-bond donors (Lipinski definition) is 11. The zero-order chi connectivity index (χ0) is 62.3. The number of fused-ring (bicyclic) bond motifs is 2. The highest BCUT2D eigenvalue weighted by atomic mass is 35.5. The molecule has 86 heavy (non-hydrogen) atoms. The largest absolute Gasteiger partial charge is 0.505 e. The molecule has 2 heterocycles. The van der Waals surface area contributed by atoms with Crippen LogP contribution in [0.1, 0.15) is 0 Å². The topological polar surface area (TPSA) is 501 Å². The van der Waals surface area contributed by atoms with Crippen molar-refractivity contribution < 1.29 is 91.9 Å². The molecule has 0 aliphatic heterocycles. The van der Waals surface area contributed by atoms with E-state index in [1.54, 1.807) is 0 Å². The number of sulfone groups is 1. The Bertz CT molecular complexity index is 4470. The third-order valence-electron chi connectivity index (χ3n) is 11.2. The van der Waals surface area contributed by atoms with E-state index in [0.717, 1.165) is 47.9 Å². The predicted molar refractivity (Wildman–Crippen MR) is 305 cm³/mol. The van der Waals surface area contributed by atoms with E-state index in [0.29, 0.717) is 24.1 Å². The van der Waals surface area contributed by atoms with Crippen LogP contribution in [0.5, 0.6) is 11.5 Å². The van der Waals surface area contributed by atoms with Crippen LogP contribution in [0.2, 0.25) is 10.6 Å². The van der Waals surface area contributed by atoms with Crippen molar-refractivity contribution in [2.45, 2.75) is 29.4 Å². The molecule has 0 atom stereocenters. The molecule has 0 radical (unpaired) electrons. The molecule has 0 spiro atoms. The second-order valence-electron chi connectivity index (χ2n) is 16.6. The Morgan fingerprint density at radius 2 is 1.13 bits per heavy atom. The molecule has 11 N–H and O–H groups in total. The van der Waals surface area contributed by atoms with Gasteiger partial charge in [-0.3, -0.25) is 13.7 Å². The highest BCUT2D eigenvalue weighted by molar-refractivity contribution is 7.95. The van der Waals surface area contributed by atoms with E-state index in [2.05, 4.69) is 91.6 Å². The fraction of sp³-hybridized carbons (Fsp3) is 0.0909. The van der Waals surface area contributed by atoms with Crippen molar-refractivity contribution >= 4 is 167 Å². The van der Waals surface area contributed by atoms with Gasteiger partial charge in [0.05, 0.1) is 73.0 Å². The molecular weight excluding hydrogens is 1310 g/mol. The molecule has 0 fully saturated rings. The van der Waals surface area contributed by atoms with Crippen molar-refractivity contribution in [2.75, 3.05) is 47.1 Å². The van der Waals surface area contributed by atoms with Crippen molar-refractivity contribution in [1.29, 1.82) is 0 Å². The number of halogens is 2. The Balaban J connectivity index is 1.09. The molecular formula is C44H36Cl2N14O20S6. The van der Waals surface area contributed by atoms with Gasteiger partial charge in [-0.05, 0) is 119 Å². The number of hydrogen-bond acceptors (Lipinski definition) is 33. The van der Waals surface area contributed by atoms with Gasteiger partial charge in [0.25, 0.3) is 30.4 Å². The summed E-state index contributed by atoms with van der Waals surface area (Å²) in [6, 6.07) is 15.7. The zero-order valence-corrected chi connectivity index (χ0v) is 48.7. The third-order valence-corrected chi connectivity index (χ3v) is 16.7. The Hall–Kier alpha value is -7.72. The number of aromatic nitrogens is 6. The van der Waals surface area contributed by atoms with E-state index in [9.17, 15) is 62.6 Å². The van der Waals surface area contributed by atoms with E-state index < -0.39 is 89.2 Å². The van der Waals surface area contributed by atoms with Gasteiger partial charge in [-0.1, -0.05) is 16.7 Å². The number of nitrogens with one attached hydrogen (secondary N) is 3. The maximum Gasteiger partial charge on any atom is 0.296 e. The van der Waals surface area contributed by atoms with E-state index in [1.165, 1.54) is 47.4 Å². The van der Waals surface area contributed by atoms with Crippen LogP contribution in [0.3, 0.4) is 0 Å². The number of aromatic hydroxyl groups is 2. The van der Waals surface area contributed by atoms with Crippen LogP contribution in [0.15, 0.2) is 147 Å². The van der Waals surface area contributed by atoms with Crippen molar-refractivity contribution in [3.63, 3.8) is 0 Å². The van der Waals surface area contributed by atoms with Crippen LogP contribution >= 0.6 is 47.3 Å². The predicted octanol–water partition coefficient (Wildman–Crippen LogP) is 8.82. The van der Waals surface area contributed by atoms with E-state index >= 15 is 0 Å². The van der Waals surface area contributed by atoms with E-state index in [4.69, 9.17) is 33.7 Å². The number of benzene rings is 6. The monoisotopic (exact) mass is 1340 g/mol. The number of nitrogens with zero attached hydrogens (tertiary/aromatic N) is 11. The maximum atomic E-state index is 12.7. The van der Waals surface area contributed by atoms with Crippen LogP contribution in [0.4, 0.5) is 57.9 Å². The van der Waals surface area contributed by atoms with Crippen molar-refractivity contribution in [3.8, 4) is 11.5 Å². The van der Waals surface area contributed by atoms with Gasteiger partial charge in [0, 0.05) is 40.7 Å². The molecule has 8 aromatic rings. The molecule has 0 saturated carbocycles. The smallest absolute Gasteiger partial charge is 0.296 e. The molecule has 6 aromatic carbocycles. The summed E-state index contributed by atoms with van der Waals surface area (Å²) in [6.07, 6.45) is 0. The van der Waals surface area contributed by atoms with E-state index in [-0.39, 0.29) is 108 Å². The molecule has 0 unspecified atom stereocenters. The van der Waals surface area contributed by atoms with E-state index in [1.807, 2.05) is 0 Å².